The average Bonchev–Trinajstić information content (AvgIpc) is 2.38. The molecule has 3 N–H and O–H groups in total. The maximum atomic E-state index is 12.1. The van der Waals surface area contributed by atoms with E-state index in [9.17, 15) is 9.59 Å². The van der Waals surface area contributed by atoms with Gasteiger partial charge in [-0.2, -0.15) is 0 Å². The SMILES string of the molecule is CC(C)NC(=O)C(CCO)NC(=O)C1CCCCC1. The molecule has 0 saturated heterocycles. The maximum Gasteiger partial charge on any atom is 0.242 e. The molecule has 0 bridgehead atoms. The van der Waals surface area contributed by atoms with E-state index in [4.69, 9.17) is 5.11 Å². The summed E-state index contributed by atoms with van der Waals surface area (Å²) in [4.78, 5) is 24.0. The van der Waals surface area contributed by atoms with Gasteiger partial charge in [-0.1, -0.05) is 19.3 Å². The Hall–Kier alpha value is -1.10. The second-order valence-corrected chi connectivity index (χ2v) is 5.57. The maximum absolute atomic E-state index is 12.1. The van der Waals surface area contributed by atoms with Gasteiger partial charge in [0.1, 0.15) is 6.04 Å². The lowest BCUT2D eigenvalue weighted by Gasteiger charge is -2.24. The molecule has 0 heterocycles. The lowest BCUT2D eigenvalue weighted by Crippen LogP contribution is -2.50. The molecule has 0 radical (unpaired) electrons. The highest BCUT2D eigenvalue weighted by Crippen LogP contribution is 2.23. The van der Waals surface area contributed by atoms with Crippen molar-refractivity contribution in [1.82, 2.24) is 10.6 Å². The molecule has 5 nitrogen and oxygen atoms in total. The zero-order chi connectivity index (χ0) is 14.3. The molecule has 0 aromatic rings. The monoisotopic (exact) mass is 270 g/mol. The van der Waals surface area contributed by atoms with Crippen LogP contribution in [-0.4, -0.2) is 35.6 Å². The number of aliphatic hydroxyl groups excluding tert-OH is 1. The van der Waals surface area contributed by atoms with Crippen molar-refractivity contribution in [2.45, 2.75) is 64.5 Å². The van der Waals surface area contributed by atoms with Crippen LogP contribution < -0.4 is 10.6 Å². The summed E-state index contributed by atoms with van der Waals surface area (Å²) in [5, 5.41) is 14.6. The molecule has 1 rings (SSSR count). The summed E-state index contributed by atoms with van der Waals surface area (Å²) >= 11 is 0. The van der Waals surface area contributed by atoms with Crippen LogP contribution in [0.4, 0.5) is 0 Å². The van der Waals surface area contributed by atoms with E-state index in [0.29, 0.717) is 0 Å². The highest BCUT2D eigenvalue weighted by atomic mass is 16.3. The van der Waals surface area contributed by atoms with Crippen molar-refractivity contribution in [3.05, 3.63) is 0 Å². The molecule has 1 aliphatic rings. The molecule has 0 aliphatic heterocycles. The van der Waals surface area contributed by atoms with Gasteiger partial charge in [0.25, 0.3) is 0 Å². The molecule has 1 fully saturated rings. The van der Waals surface area contributed by atoms with Gasteiger partial charge in [-0.15, -0.1) is 0 Å². The van der Waals surface area contributed by atoms with Gasteiger partial charge < -0.3 is 15.7 Å². The quantitative estimate of drug-likeness (QED) is 0.672. The molecule has 5 heteroatoms. The van der Waals surface area contributed by atoms with Crippen LogP contribution in [-0.2, 0) is 9.59 Å². The first-order valence-electron chi connectivity index (χ1n) is 7.26. The summed E-state index contributed by atoms with van der Waals surface area (Å²) < 4.78 is 0. The number of amides is 2. The van der Waals surface area contributed by atoms with Crippen molar-refractivity contribution in [2.75, 3.05) is 6.61 Å². The fourth-order valence-corrected chi connectivity index (χ4v) is 2.44. The third-order valence-corrected chi connectivity index (χ3v) is 3.46. The van der Waals surface area contributed by atoms with Crippen molar-refractivity contribution in [2.24, 2.45) is 5.92 Å². The molecule has 0 spiro atoms. The van der Waals surface area contributed by atoms with E-state index in [0.717, 1.165) is 25.7 Å². The first-order valence-corrected chi connectivity index (χ1v) is 7.26. The number of hydrogen-bond acceptors (Lipinski definition) is 3. The summed E-state index contributed by atoms with van der Waals surface area (Å²) in [6.07, 6.45) is 5.43. The zero-order valence-electron chi connectivity index (χ0n) is 11.9. The third kappa shape index (κ3) is 5.59. The molecule has 19 heavy (non-hydrogen) atoms. The second-order valence-electron chi connectivity index (χ2n) is 5.57. The van der Waals surface area contributed by atoms with Gasteiger partial charge >= 0.3 is 0 Å². The van der Waals surface area contributed by atoms with Crippen LogP contribution in [0.15, 0.2) is 0 Å². The van der Waals surface area contributed by atoms with Gasteiger partial charge in [-0.05, 0) is 33.1 Å². The molecule has 1 saturated carbocycles. The highest BCUT2D eigenvalue weighted by molar-refractivity contribution is 5.88. The number of carbonyl (C=O) groups excluding carboxylic acids is 2. The Morgan fingerprint density at radius 1 is 1.16 bits per heavy atom. The molecule has 110 valence electrons. The van der Waals surface area contributed by atoms with Crippen molar-refractivity contribution >= 4 is 11.8 Å². The lowest BCUT2D eigenvalue weighted by atomic mass is 9.88. The molecular formula is C14H26N2O3. The smallest absolute Gasteiger partial charge is 0.242 e. The van der Waals surface area contributed by atoms with Gasteiger partial charge in [0.15, 0.2) is 0 Å². The first kappa shape index (κ1) is 16.0. The Kier molecular flexibility index (Phi) is 6.84. The van der Waals surface area contributed by atoms with E-state index < -0.39 is 6.04 Å². The van der Waals surface area contributed by atoms with Crippen LogP contribution in [0.1, 0.15) is 52.4 Å². The van der Waals surface area contributed by atoms with Gasteiger partial charge in [-0.3, -0.25) is 9.59 Å². The van der Waals surface area contributed by atoms with Gasteiger partial charge in [0.2, 0.25) is 11.8 Å². The number of hydrogen-bond donors (Lipinski definition) is 3. The standard InChI is InChI=1S/C14H26N2O3/c1-10(2)15-14(19)12(8-9-17)16-13(18)11-6-4-3-5-7-11/h10-12,17H,3-9H2,1-2H3,(H,15,19)(H,16,18). The number of carbonyl (C=O) groups is 2. The molecule has 2 amide bonds. The van der Waals surface area contributed by atoms with Crippen molar-refractivity contribution in [3.63, 3.8) is 0 Å². The van der Waals surface area contributed by atoms with Crippen LogP contribution in [0.5, 0.6) is 0 Å². The van der Waals surface area contributed by atoms with Crippen LogP contribution in [0, 0.1) is 5.92 Å². The minimum atomic E-state index is -0.623. The second kappa shape index (κ2) is 8.15. The van der Waals surface area contributed by atoms with E-state index in [1.54, 1.807) is 0 Å². The molecule has 1 unspecified atom stereocenters. The Balaban J connectivity index is 2.51. The lowest BCUT2D eigenvalue weighted by molar-refractivity contribution is -0.132. The van der Waals surface area contributed by atoms with Crippen molar-refractivity contribution in [3.8, 4) is 0 Å². The van der Waals surface area contributed by atoms with E-state index in [1.165, 1.54) is 6.42 Å². The highest BCUT2D eigenvalue weighted by Gasteiger charge is 2.26. The van der Waals surface area contributed by atoms with Gasteiger partial charge in [-0.25, -0.2) is 0 Å². The molecule has 1 atom stereocenters. The fourth-order valence-electron chi connectivity index (χ4n) is 2.44. The minimum absolute atomic E-state index is 0.0280. The Bertz CT molecular complexity index is 299. The van der Waals surface area contributed by atoms with E-state index >= 15 is 0 Å². The van der Waals surface area contributed by atoms with Gasteiger partial charge in [0.05, 0.1) is 0 Å². The van der Waals surface area contributed by atoms with Crippen molar-refractivity contribution in [1.29, 1.82) is 0 Å². The normalized spacial score (nSPS) is 18.1. The summed E-state index contributed by atoms with van der Waals surface area (Å²) in [5.41, 5.74) is 0. The average molecular weight is 270 g/mol. The molecule has 0 aromatic heterocycles. The summed E-state index contributed by atoms with van der Waals surface area (Å²) in [6, 6.07) is -0.595. The summed E-state index contributed by atoms with van der Waals surface area (Å²) in [6.45, 7) is 3.63. The fraction of sp³-hybridized carbons (Fsp3) is 0.857. The zero-order valence-corrected chi connectivity index (χ0v) is 11.9. The van der Waals surface area contributed by atoms with Gasteiger partial charge in [0, 0.05) is 18.6 Å². The van der Waals surface area contributed by atoms with E-state index in [2.05, 4.69) is 10.6 Å². The van der Waals surface area contributed by atoms with Crippen LogP contribution in [0.3, 0.4) is 0 Å². The minimum Gasteiger partial charge on any atom is -0.396 e. The first-order chi connectivity index (χ1) is 9.04. The number of nitrogens with one attached hydrogen (secondary N) is 2. The Labute approximate surface area is 115 Å². The predicted octanol–water partition coefficient (Wildman–Crippen LogP) is 0.958. The van der Waals surface area contributed by atoms with E-state index in [-0.39, 0.29) is 36.8 Å². The van der Waals surface area contributed by atoms with Crippen LogP contribution >= 0.6 is 0 Å². The molecular weight excluding hydrogens is 244 g/mol. The third-order valence-electron chi connectivity index (χ3n) is 3.46. The number of rotatable bonds is 6. The summed E-state index contributed by atoms with van der Waals surface area (Å²) in [7, 11) is 0. The topological polar surface area (TPSA) is 78.4 Å². The predicted molar refractivity (Wildman–Crippen MR) is 73.5 cm³/mol. The van der Waals surface area contributed by atoms with E-state index in [1.807, 2.05) is 13.8 Å². The number of aliphatic hydroxyl groups is 1. The molecule has 1 aliphatic carbocycles. The van der Waals surface area contributed by atoms with Crippen molar-refractivity contribution < 1.29 is 14.7 Å². The Morgan fingerprint density at radius 3 is 2.32 bits per heavy atom. The molecule has 0 aromatic carbocycles. The summed E-state index contributed by atoms with van der Waals surface area (Å²) in [5.74, 6) is -0.230. The van der Waals surface area contributed by atoms with Crippen LogP contribution in [0.25, 0.3) is 0 Å². The largest absolute Gasteiger partial charge is 0.396 e. The van der Waals surface area contributed by atoms with Crippen LogP contribution in [0.2, 0.25) is 0 Å². The Morgan fingerprint density at radius 2 is 1.79 bits per heavy atom.